The number of sulfonamides is 1. The highest BCUT2D eigenvalue weighted by Gasteiger charge is 2.48. The Bertz CT molecular complexity index is 364. The van der Waals surface area contributed by atoms with Crippen molar-refractivity contribution < 1.29 is 8.42 Å². The minimum Gasteiger partial charge on any atom is -0.215 e. The van der Waals surface area contributed by atoms with E-state index in [-0.39, 0.29) is 5.75 Å². The van der Waals surface area contributed by atoms with E-state index in [1.165, 1.54) is 12.8 Å². The second kappa shape index (κ2) is 4.88. The minimum absolute atomic E-state index is 0.264. The molecule has 2 aliphatic carbocycles. The van der Waals surface area contributed by atoms with Crippen LogP contribution < -0.4 is 4.72 Å². The molecule has 0 spiro atoms. The molecule has 100 valence electrons. The predicted molar refractivity (Wildman–Crippen MR) is 70.1 cm³/mol. The summed E-state index contributed by atoms with van der Waals surface area (Å²) in [6.45, 7) is 7.26. The van der Waals surface area contributed by atoms with Gasteiger partial charge in [0.25, 0.3) is 0 Å². The first kappa shape index (κ1) is 13.3. The van der Waals surface area contributed by atoms with Gasteiger partial charge in [0.2, 0.25) is 10.0 Å². The SMILES string of the molecule is CCCS(=O)(=O)NCC1CC2CC1C(C)C2C. The molecule has 2 saturated carbocycles. The highest BCUT2D eigenvalue weighted by atomic mass is 32.2. The average molecular weight is 259 g/mol. The van der Waals surface area contributed by atoms with Crippen molar-refractivity contribution in [3.05, 3.63) is 0 Å². The molecule has 0 aromatic rings. The molecule has 3 nitrogen and oxygen atoms in total. The summed E-state index contributed by atoms with van der Waals surface area (Å²) >= 11 is 0. The van der Waals surface area contributed by atoms with E-state index in [1.54, 1.807) is 0 Å². The van der Waals surface area contributed by atoms with E-state index < -0.39 is 10.0 Å². The van der Waals surface area contributed by atoms with Crippen LogP contribution in [0.4, 0.5) is 0 Å². The van der Waals surface area contributed by atoms with Crippen LogP contribution in [0, 0.1) is 29.6 Å². The molecule has 4 heteroatoms. The normalized spacial score (nSPS) is 41.0. The van der Waals surface area contributed by atoms with Gasteiger partial charge in [-0.15, -0.1) is 0 Å². The zero-order valence-corrected chi connectivity index (χ0v) is 12.0. The van der Waals surface area contributed by atoms with Gasteiger partial charge in [0.05, 0.1) is 5.75 Å². The number of hydrogen-bond donors (Lipinski definition) is 1. The Hall–Kier alpha value is -0.0900. The fraction of sp³-hybridized carbons (Fsp3) is 1.00. The smallest absolute Gasteiger partial charge is 0.211 e. The summed E-state index contributed by atoms with van der Waals surface area (Å²) < 4.78 is 26.1. The van der Waals surface area contributed by atoms with Crippen molar-refractivity contribution in [3.8, 4) is 0 Å². The number of rotatable bonds is 5. The maximum atomic E-state index is 11.6. The van der Waals surface area contributed by atoms with Crippen LogP contribution in [0.2, 0.25) is 0 Å². The topological polar surface area (TPSA) is 46.2 Å². The summed E-state index contributed by atoms with van der Waals surface area (Å²) in [6, 6.07) is 0. The molecule has 5 unspecified atom stereocenters. The summed E-state index contributed by atoms with van der Waals surface area (Å²) in [5, 5.41) is 0. The molecule has 2 fully saturated rings. The van der Waals surface area contributed by atoms with Crippen molar-refractivity contribution in [2.45, 2.75) is 40.0 Å². The summed E-state index contributed by atoms with van der Waals surface area (Å²) in [4.78, 5) is 0. The van der Waals surface area contributed by atoms with Crippen molar-refractivity contribution in [2.24, 2.45) is 29.6 Å². The summed E-state index contributed by atoms with van der Waals surface area (Å²) in [5.74, 6) is 4.05. The molecule has 0 aromatic heterocycles. The third-order valence-corrected chi connectivity index (χ3v) is 6.62. The third kappa shape index (κ3) is 2.68. The van der Waals surface area contributed by atoms with E-state index in [0.717, 1.165) is 23.7 Å². The molecule has 5 atom stereocenters. The third-order valence-electron chi connectivity index (χ3n) is 5.07. The van der Waals surface area contributed by atoms with Crippen molar-refractivity contribution in [3.63, 3.8) is 0 Å². The average Bonchev–Trinajstić information content (AvgIpc) is 2.77. The van der Waals surface area contributed by atoms with Crippen LogP contribution in [-0.2, 0) is 10.0 Å². The molecule has 0 amide bonds. The lowest BCUT2D eigenvalue weighted by atomic mass is 9.76. The second-order valence-corrected chi connectivity index (χ2v) is 7.97. The minimum atomic E-state index is -3.02. The Kier molecular flexibility index (Phi) is 3.83. The van der Waals surface area contributed by atoms with Gasteiger partial charge in [-0.2, -0.15) is 0 Å². The molecule has 1 N–H and O–H groups in total. The van der Waals surface area contributed by atoms with Gasteiger partial charge in [0, 0.05) is 6.54 Å². The monoisotopic (exact) mass is 259 g/mol. The van der Waals surface area contributed by atoms with Crippen LogP contribution in [0.1, 0.15) is 40.0 Å². The molecule has 17 heavy (non-hydrogen) atoms. The lowest BCUT2D eigenvalue weighted by Gasteiger charge is -2.31. The van der Waals surface area contributed by atoms with Crippen molar-refractivity contribution in [1.82, 2.24) is 4.72 Å². The zero-order valence-electron chi connectivity index (χ0n) is 11.1. The largest absolute Gasteiger partial charge is 0.215 e. The molecule has 0 radical (unpaired) electrons. The molecule has 0 aromatic carbocycles. The standard InChI is InChI=1S/C13H25NO2S/c1-4-5-17(15,16)14-8-12-6-11-7-13(12)10(3)9(11)2/h9-14H,4-8H2,1-3H3. The van der Waals surface area contributed by atoms with Crippen molar-refractivity contribution in [1.29, 1.82) is 0 Å². The Labute approximate surface area is 105 Å². The van der Waals surface area contributed by atoms with E-state index in [1.807, 2.05) is 6.92 Å². The maximum Gasteiger partial charge on any atom is 0.211 e. The Morgan fingerprint density at radius 1 is 1.18 bits per heavy atom. The quantitative estimate of drug-likeness (QED) is 0.823. The van der Waals surface area contributed by atoms with Crippen LogP contribution >= 0.6 is 0 Å². The van der Waals surface area contributed by atoms with Gasteiger partial charge >= 0.3 is 0 Å². The van der Waals surface area contributed by atoms with Gasteiger partial charge in [0.15, 0.2) is 0 Å². The van der Waals surface area contributed by atoms with Gasteiger partial charge in [0.1, 0.15) is 0 Å². The van der Waals surface area contributed by atoms with E-state index in [0.29, 0.717) is 18.9 Å². The molecule has 2 bridgehead atoms. The molecule has 0 heterocycles. The van der Waals surface area contributed by atoms with Gasteiger partial charge < -0.3 is 0 Å². The Morgan fingerprint density at radius 3 is 2.41 bits per heavy atom. The van der Waals surface area contributed by atoms with Gasteiger partial charge in [-0.1, -0.05) is 20.8 Å². The summed E-state index contributed by atoms with van der Waals surface area (Å²) in [6.07, 6.45) is 3.24. The van der Waals surface area contributed by atoms with E-state index in [9.17, 15) is 8.42 Å². The molecule has 2 aliphatic rings. The van der Waals surface area contributed by atoms with E-state index in [2.05, 4.69) is 18.6 Å². The van der Waals surface area contributed by atoms with Crippen molar-refractivity contribution >= 4 is 10.0 Å². The van der Waals surface area contributed by atoms with Gasteiger partial charge in [-0.25, -0.2) is 13.1 Å². The highest BCUT2D eigenvalue weighted by Crippen LogP contribution is 2.54. The van der Waals surface area contributed by atoms with Crippen LogP contribution in [0.15, 0.2) is 0 Å². The molecular formula is C13H25NO2S. The van der Waals surface area contributed by atoms with Gasteiger partial charge in [-0.3, -0.25) is 0 Å². The first-order chi connectivity index (χ1) is 7.94. The highest BCUT2D eigenvalue weighted by molar-refractivity contribution is 7.89. The summed E-state index contributed by atoms with van der Waals surface area (Å²) in [5.41, 5.74) is 0. The lowest BCUT2D eigenvalue weighted by molar-refractivity contribution is 0.191. The number of nitrogens with one attached hydrogen (secondary N) is 1. The number of fused-ring (bicyclic) bond motifs is 2. The summed E-state index contributed by atoms with van der Waals surface area (Å²) in [7, 11) is -3.02. The van der Waals surface area contributed by atoms with E-state index >= 15 is 0 Å². The first-order valence-electron chi connectivity index (χ1n) is 6.92. The molecule has 0 saturated heterocycles. The Balaban J connectivity index is 1.87. The van der Waals surface area contributed by atoms with Crippen LogP contribution in [-0.4, -0.2) is 20.7 Å². The molecular weight excluding hydrogens is 234 g/mol. The predicted octanol–water partition coefficient (Wildman–Crippen LogP) is 2.24. The zero-order chi connectivity index (χ0) is 12.6. The lowest BCUT2D eigenvalue weighted by Crippen LogP contribution is -2.36. The Morgan fingerprint density at radius 2 is 1.88 bits per heavy atom. The van der Waals surface area contributed by atoms with Crippen LogP contribution in [0.25, 0.3) is 0 Å². The van der Waals surface area contributed by atoms with Gasteiger partial charge in [-0.05, 0) is 48.9 Å². The first-order valence-corrected chi connectivity index (χ1v) is 8.57. The van der Waals surface area contributed by atoms with Crippen molar-refractivity contribution in [2.75, 3.05) is 12.3 Å². The molecule has 0 aliphatic heterocycles. The van der Waals surface area contributed by atoms with Crippen LogP contribution in [0.5, 0.6) is 0 Å². The fourth-order valence-corrected chi connectivity index (χ4v) is 5.05. The fourth-order valence-electron chi connectivity index (χ4n) is 3.90. The van der Waals surface area contributed by atoms with E-state index in [4.69, 9.17) is 0 Å². The molecule has 2 rings (SSSR count). The maximum absolute atomic E-state index is 11.6. The van der Waals surface area contributed by atoms with Crippen LogP contribution in [0.3, 0.4) is 0 Å². The second-order valence-electron chi connectivity index (χ2n) is 6.04. The number of hydrogen-bond acceptors (Lipinski definition) is 2.